The number of amidine groups is 1. The Labute approximate surface area is 115 Å². The third-order valence-corrected chi connectivity index (χ3v) is 2.82. The minimum atomic E-state index is -2.32. The lowest BCUT2D eigenvalue weighted by atomic mass is 10.1. The first-order valence-corrected chi connectivity index (χ1v) is 7.02. The van der Waals surface area contributed by atoms with Gasteiger partial charge in [-0.2, -0.15) is 0 Å². The Bertz CT molecular complexity index is 489. The third-order valence-electron chi connectivity index (χ3n) is 2.47. The highest BCUT2D eigenvalue weighted by atomic mass is 32.2. The molecule has 1 unspecified atom stereocenters. The standard InChI is InChI=1S/C12H20N4O2S/c1-8(2)7-15-10-6-4-5-9(14-3)11(10)12(13)16-19(17)18/h4-6,8,14-15H,7H2,1-3H3,(H2,13,16)(H,17,18). The molecule has 1 aromatic carbocycles. The van der Waals surface area contributed by atoms with Crippen LogP contribution in [0.25, 0.3) is 0 Å². The minimum Gasteiger partial charge on any atom is -0.387 e. The van der Waals surface area contributed by atoms with Crippen LogP contribution in [0.1, 0.15) is 19.4 Å². The molecule has 0 aliphatic heterocycles. The second-order valence-corrected chi connectivity index (χ2v) is 5.10. The Hall–Kier alpha value is -1.60. The molecule has 7 heteroatoms. The summed E-state index contributed by atoms with van der Waals surface area (Å²) in [5.74, 6) is 0.494. The number of rotatable bonds is 6. The number of nitrogens with two attached hydrogens (primary N) is 1. The van der Waals surface area contributed by atoms with Crippen LogP contribution in [0.5, 0.6) is 0 Å². The predicted molar refractivity (Wildman–Crippen MR) is 80.8 cm³/mol. The molecule has 1 rings (SSSR count). The summed E-state index contributed by atoms with van der Waals surface area (Å²) in [6.45, 7) is 4.96. The minimum absolute atomic E-state index is 0.0250. The maximum atomic E-state index is 10.8. The Morgan fingerprint density at radius 2 is 2.11 bits per heavy atom. The molecule has 19 heavy (non-hydrogen) atoms. The van der Waals surface area contributed by atoms with Gasteiger partial charge in [0.2, 0.25) is 0 Å². The van der Waals surface area contributed by atoms with Crippen LogP contribution >= 0.6 is 0 Å². The molecule has 5 N–H and O–H groups in total. The third kappa shape index (κ3) is 4.53. The van der Waals surface area contributed by atoms with E-state index in [1.54, 1.807) is 7.05 Å². The maximum absolute atomic E-state index is 10.8. The van der Waals surface area contributed by atoms with Gasteiger partial charge >= 0.3 is 0 Å². The van der Waals surface area contributed by atoms with Gasteiger partial charge in [0.05, 0.1) is 5.56 Å². The zero-order valence-electron chi connectivity index (χ0n) is 11.3. The van der Waals surface area contributed by atoms with E-state index in [1.165, 1.54) is 0 Å². The molecule has 1 atom stereocenters. The molecule has 6 nitrogen and oxygen atoms in total. The van der Waals surface area contributed by atoms with Crippen molar-refractivity contribution >= 4 is 28.5 Å². The second-order valence-electron chi connectivity index (χ2n) is 4.46. The molecule has 0 aliphatic carbocycles. The zero-order chi connectivity index (χ0) is 14.4. The van der Waals surface area contributed by atoms with Crippen molar-refractivity contribution in [3.05, 3.63) is 23.8 Å². The summed E-state index contributed by atoms with van der Waals surface area (Å²) >= 11 is -2.32. The molecule has 0 radical (unpaired) electrons. The van der Waals surface area contributed by atoms with Gasteiger partial charge in [-0.1, -0.05) is 19.9 Å². The van der Waals surface area contributed by atoms with Crippen molar-refractivity contribution in [3.8, 4) is 0 Å². The van der Waals surface area contributed by atoms with E-state index < -0.39 is 11.3 Å². The average Bonchev–Trinajstić information content (AvgIpc) is 2.34. The summed E-state index contributed by atoms with van der Waals surface area (Å²) in [5.41, 5.74) is 7.94. The zero-order valence-corrected chi connectivity index (χ0v) is 12.1. The van der Waals surface area contributed by atoms with Crippen LogP contribution in [0.4, 0.5) is 11.4 Å². The van der Waals surface area contributed by atoms with E-state index in [2.05, 4.69) is 28.9 Å². The highest BCUT2D eigenvalue weighted by Crippen LogP contribution is 2.24. The first kappa shape index (κ1) is 15.5. The first-order valence-electron chi connectivity index (χ1n) is 5.95. The summed E-state index contributed by atoms with van der Waals surface area (Å²) < 4.78 is 23.1. The van der Waals surface area contributed by atoms with Crippen LogP contribution in [0, 0.1) is 5.92 Å². The molecule has 0 amide bonds. The van der Waals surface area contributed by atoms with Gasteiger partial charge in [-0.25, -0.2) is 4.21 Å². The van der Waals surface area contributed by atoms with E-state index in [0.29, 0.717) is 11.5 Å². The fourth-order valence-electron chi connectivity index (χ4n) is 1.63. The Morgan fingerprint density at radius 3 is 2.63 bits per heavy atom. The number of nitrogens with one attached hydrogen (secondary N) is 2. The Balaban J connectivity index is 3.20. The normalized spacial score (nSPS) is 13.4. The SMILES string of the molecule is CNc1cccc(NCC(C)C)c1C(N)=NS(=O)O. The maximum Gasteiger partial charge on any atom is 0.283 e. The fraction of sp³-hybridized carbons (Fsp3) is 0.417. The summed E-state index contributed by atoms with van der Waals surface area (Å²) in [6.07, 6.45) is 0. The summed E-state index contributed by atoms with van der Waals surface area (Å²) in [6, 6.07) is 5.57. The van der Waals surface area contributed by atoms with Gasteiger partial charge in [0.15, 0.2) is 0 Å². The van der Waals surface area contributed by atoms with Crippen LogP contribution in [0.2, 0.25) is 0 Å². The largest absolute Gasteiger partial charge is 0.387 e. The lowest BCUT2D eigenvalue weighted by Crippen LogP contribution is -2.20. The van der Waals surface area contributed by atoms with Gasteiger partial charge in [0, 0.05) is 25.0 Å². The summed E-state index contributed by atoms with van der Waals surface area (Å²) in [5, 5.41) is 6.26. The topological polar surface area (TPSA) is 99.7 Å². The average molecular weight is 284 g/mol. The van der Waals surface area contributed by atoms with Gasteiger partial charge in [0.1, 0.15) is 5.84 Å². The highest BCUT2D eigenvalue weighted by Gasteiger charge is 2.12. The molecule has 0 fully saturated rings. The van der Waals surface area contributed by atoms with E-state index in [9.17, 15) is 4.21 Å². The van der Waals surface area contributed by atoms with Gasteiger partial charge < -0.3 is 16.4 Å². The molecule has 0 heterocycles. The van der Waals surface area contributed by atoms with Crippen LogP contribution in [0.3, 0.4) is 0 Å². The second kappa shape index (κ2) is 7.10. The number of nitrogens with zero attached hydrogens (tertiary/aromatic N) is 1. The van der Waals surface area contributed by atoms with E-state index >= 15 is 0 Å². The molecular formula is C12H20N4O2S. The Morgan fingerprint density at radius 1 is 1.47 bits per heavy atom. The first-order chi connectivity index (χ1) is 8.95. The molecule has 0 saturated heterocycles. The lowest BCUT2D eigenvalue weighted by Gasteiger charge is -2.16. The molecule has 0 saturated carbocycles. The van der Waals surface area contributed by atoms with E-state index in [4.69, 9.17) is 10.3 Å². The lowest BCUT2D eigenvalue weighted by molar-refractivity contribution is 0.566. The van der Waals surface area contributed by atoms with Crippen molar-refractivity contribution in [2.45, 2.75) is 13.8 Å². The van der Waals surface area contributed by atoms with Crippen LogP contribution in [0.15, 0.2) is 22.6 Å². The fourth-order valence-corrected chi connectivity index (χ4v) is 1.89. The van der Waals surface area contributed by atoms with E-state index in [1.807, 2.05) is 18.2 Å². The van der Waals surface area contributed by atoms with Crippen LogP contribution in [-0.4, -0.2) is 28.2 Å². The number of anilines is 2. The monoisotopic (exact) mass is 284 g/mol. The summed E-state index contributed by atoms with van der Waals surface area (Å²) in [4.78, 5) is 0. The van der Waals surface area contributed by atoms with Crippen molar-refractivity contribution in [2.24, 2.45) is 16.0 Å². The van der Waals surface area contributed by atoms with Crippen molar-refractivity contribution < 1.29 is 8.76 Å². The van der Waals surface area contributed by atoms with Crippen molar-refractivity contribution in [1.29, 1.82) is 0 Å². The number of benzene rings is 1. The highest BCUT2D eigenvalue weighted by molar-refractivity contribution is 7.78. The molecule has 106 valence electrons. The number of hydrogen-bond acceptors (Lipinski definition) is 3. The smallest absolute Gasteiger partial charge is 0.283 e. The van der Waals surface area contributed by atoms with Gasteiger partial charge in [0.25, 0.3) is 11.3 Å². The van der Waals surface area contributed by atoms with Gasteiger partial charge in [-0.3, -0.25) is 4.55 Å². The molecule has 1 aromatic rings. The van der Waals surface area contributed by atoms with Crippen LogP contribution < -0.4 is 16.4 Å². The van der Waals surface area contributed by atoms with Crippen LogP contribution in [-0.2, 0) is 11.3 Å². The van der Waals surface area contributed by atoms with Gasteiger partial charge in [-0.05, 0) is 18.1 Å². The molecule has 0 aromatic heterocycles. The molecule has 0 spiro atoms. The molecular weight excluding hydrogens is 264 g/mol. The van der Waals surface area contributed by atoms with Crippen molar-refractivity contribution in [1.82, 2.24) is 0 Å². The van der Waals surface area contributed by atoms with Crippen molar-refractivity contribution in [2.75, 3.05) is 24.2 Å². The quantitative estimate of drug-likeness (QED) is 0.361. The molecule has 0 bridgehead atoms. The van der Waals surface area contributed by atoms with Gasteiger partial charge in [-0.15, -0.1) is 4.40 Å². The Kier molecular flexibility index (Phi) is 5.78. The van der Waals surface area contributed by atoms with Crippen molar-refractivity contribution in [3.63, 3.8) is 0 Å². The summed E-state index contributed by atoms with van der Waals surface area (Å²) in [7, 11) is 1.76. The molecule has 0 aliphatic rings. The predicted octanol–water partition coefficient (Wildman–Crippen LogP) is 1.64. The van der Waals surface area contributed by atoms with E-state index in [-0.39, 0.29) is 5.84 Å². The number of hydrogen-bond donors (Lipinski definition) is 4. The van der Waals surface area contributed by atoms with E-state index in [0.717, 1.165) is 17.9 Å².